The number of likely N-dealkylation sites (tertiary alicyclic amines) is 1. The van der Waals surface area contributed by atoms with Crippen LogP contribution < -0.4 is 0 Å². The number of hydrogen-bond donors (Lipinski definition) is 0. The Bertz CT molecular complexity index is 1080. The quantitative estimate of drug-likeness (QED) is 0.645. The average Bonchev–Trinajstić information content (AvgIpc) is 3.43. The summed E-state index contributed by atoms with van der Waals surface area (Å²) < 4.78 is 41.3. The molecule has 1 unspecified atom stereocenters. The van der Waals surface area contributed by atoms with Crippen LogP contribution in [0.1, 0.15) is 47.8 Å². The highest BCUT2D eigenvalue weighted by Gasteiger charge is 2.38. The predicted molar refractivity (Wildman–Crippen MR) is 104 cm³/mol. The highest BCUT2D eigenvalue weighted by Crippen LogP contribution is 2.36. The number of pyridine rings is 1. The molecule has 0 radical (unpaired) electrons. The van der Waals surface area contributed by atoms with Crippen molar-refractivity contribution in [3.8, 4) is 0 Å². The van der Waals surface area contributed by atoms with E-state index in [4.69, 9.17) is 0 Å². The van der Waals surface area contributed by atoms with Gasteiger partial charge in [-0.1, -0.05) is 24.3 Å². The van der Waals surface area contributed by atoms with E-state index in [2.05, 4.69) is 22.3 Å². The third-order valence-electron chi connectivity index (χ3n) is 6.24. The van der Waals surface area contributed by atoms with E-state index < -0.39 is 11.7 Å². The van der Waals surface area contributed by atoms with Gasteiger partial charge in [0.1, 0.15) is 5.56 Å². The van der Waals surface area contributed by atoms with E-state index in [0.29, 0.717) is 25.2 Å². The number of benzene rings is 1. The SMILES string of the molecule is O=C(CC1Cc2ccccc2C1)N1CCCC1c1nnc2c(C(F)(F)F)cccn12. The number of nitrogens with zero attached hydrogens (tertiary/aromatic N) is 4. The van der Waals surface area contributed by atoms with Crippen LogP contribution in [0.4, 0.5) is 13.2 Å². The van der Waals surface area contributed by atoms with Gasteiger partial charge in [-0.15, -0.1) is 10.2 Å². The molecule has 2 aliphatic rings. The molecule has 3 aromatic rings. The van der Waals surface area contributed by atoms with Crippen LogP contribution in [0.5, 0.6) is 0 Å². The second kappa shape index (κ2) is 7.11. The zero-order valence-electron chi connectivity index (χ0n) is 16.3. The molecule has 1 aliphatic heterocycles. The van der Waals surface area contributed by atoms with E-state index in [0.717, 1.165) is 25.3 Å². The third kappa shape index (κ3) is 3.24. The second-order valence-electron chi connectivity index (χ2n) is 8.16. The molecule has 0 saturated carbocycles. The monoisotopic (exact) mass is 414 g/mol. The summed E-state index contributed by atoms with van der Waals surface area (Å²) in [5.74, 6) is 0.707. The number of carbonyl (C=O) groups is 1. The topological polar surface area (TPSA) is 50.5 Å². The summed E-state index contributed by atoms with van der Waals surface area (Å²) in [5.41, 5.74) is 1.57. The Morgan fingerprint density at radius 2 is 1.80 bits per heavy atom. The first kappa shape index (κ1) is 19.1. The molecule has 2 aromatic heterocycles. The van der Waals surface area contributed by atoms with Crippen LogP contribution in [0.2, 0.25) is 0 Å². The number of aromatic nitrogens is 3. The lowest BCUT2D eigenvalue weighted by Crippen LogP contribution is -2.33. The first-order valence-electron chi connectivity index (χ1n) is 10.2. The van der Waals surface area contributed by atoms with Crippen molar-refractivity contribution >= 4 is 11.6 Å². The van der Waals surface area contributed by atoms with Gasteiger partial charge in [-0.25, -0.2) is 0 Å². The fourth-order valence-corrected chi connectivity index (χ4v) is 4.87. The zero-order valence-corrected chi connectivity index (χ0v) is 16.3. The van der Waals surface area contributed by atoms with Crippen LogP contribution in [0, 0.1) is 5.92 Å². The van der Waals surface area contributed by atoms with Gasteiger partial charge in [0.05, 0.1) is 6.04 Å². The molecule has 156 valence electrons. The van der Waals surface area contributed by atoms with Crippen molar-refractivity contribution in [2.45, 2.75) is 44.3 Å². The van der Waals surface area contributed by atoms with Gasteiger partial charge in [0.2, 0.25) is 5.91 Å². The van der Waals surface area contributed by atoms with E-state index in [1.165, 1.54) is 27.8 Å². The van der Waals surface area contributed by atoms with Crippen LogP contribution in [0.3, 0.4) is 0 Å². The van der Waals surface area contributed by atoms with Crippen LogP contribution >= 0.6 is 0 Å². The number of alkyl halides is 3. The number of hydrogen-bond acceptors (Lipinski definition) is 3. The van der Waals surface area contributed by atoms with Crippen molar-refractivity contribution in [1.82, 2.24) is 19.5 Å². The van der Waals surface area contributed by atoms with Gasteiger partial charge in [-0.2, -0.15) is 13.2 Å². The van der Waals surface area contributed by atoms with Gasteiger partial charge >= 0.3 is 6.18 Å². The maximum atomic E-state index is 13.3. The summed E-state index contributed by atoms with van der Waals surface area (Å²) in [5, 5.41) is 7.88. The first-order valence-corrected chi connectivity index (χ1v) is 10.2. The Morgan fingerprint density at radius 1 is 1.07 bits per heavy atom. The summed E-state index contributed by atoms with van der Waals surface area (Å²) >= 11 is 0. The third-order valence-corrected chi connectivity index (χ3v) is 6.24. The normalized spacial score (nSPS) is 19.6. The lowest BCUT2D eigenvalue weighted by Gasteiger charge is -2.25. The Balaban J connectivity index is 1.38. The largest absolute Gasteiger partial charge is 0.420 e. The fraction of sp³-hybridized carbons (Fsp3) is 0.409. The highest BCUT2D eigenvalue weighted by atomic mass is 19.4. The minimum atomic E-state index is -4.50. The molecule has 1 aliphatic carbocycles. The molecule has 0 bridgehead atoms. The molecule has 1 amide bonds. The summed E-state index contributed by atoms with van der Waals surface area (Å²) in [6.45, 7) is 0.594. The summed E-state index contributed by atoms with van der Waals surface area (Å²) in [6.07, 6.45) is 0.731. The lowest BCUT2D eigenvalue weighted by molar-refractivity contribution is -0.137. The van der Waals surface area contributed by atoms with Crippen LogP contribution in [-0.4, -0.2) is 31.9 Å². The van der Waals surface area contributed by atoms with E-state index in [-0.39, 0.29) is 23.5 Å². The number of carbonyl (C=O) groups excluding carboxylic acids is 1. The molecule has 30 heavy (non-hydrogen) atoms. The number of fused-ring (bicyclic) bond motifs is 2. The van der Waals surface area contributed by atoms with Crippen molar-refractivity contribution in [2.75, 3.05) is 6.54 Å². The Kier molecular flexibility index (Phi) is 4.52. The number of halogens is 3. The molecule has 5 nitrogen and oxygen atoms in total. The Labute approximate surface area is 171 Å². The van der Waals surface area contributed by atoms with Gasteiger partial charge in [-0.05, 0) is 54.9 Å². The zero-order chi connectivity index (χ0) is 20.9. The second-order valence-corrected chi connectivity index (χ2v) is 8.16. The first-order chi connectivity index (χ1) is 14.4. The molecule has 1 aromatic carbocycles. The molecule has 0 spiro atoms. The minimum absolute atomic E-state index is 0.0408. The molecular formula is C22H21F3N4O. The fourth-order valence-electron chi connectivity index (χ4n) is 4.87. The maximum absolute atomic E-state index is 13.3. The van der Waals surface area contributed by atoms with E-state index in [1.807, 2.05) is 12.1 Å². The van der Waals surface area contributed by atoms with Gasteiger partial charge < -0.3 is 4.90 Å². The van der Waals surface area contributed by atoms with Crippen molar-refractivity contribution in [3.05, 3.63) is 65.1 Å². The molecule has 8 heteroatoms. The molecule has 1 fully saturated rings. The van der Waals surface area contributed by atoms with Gasteiger partial charge in [0, 0.05) is 19.2 Å². The summed E-state index contributed by atoms with van der Waals surface area (Å²) in [6, 6.07) is 10.3. The predicted octanol–water partition coefficient (Wildman–Crippen LogP) is 4.22. The minimum Gasteiger partial charge on any atom is -0.332 e. The molecule has 5 rings (SSSR count). The standard InChI is InChI=1S/C22H21F3N4O/c23-22(24,25)17-7-3-10-29-20(17)26-27-21(29)18-8-4-9-28(18)19(30)13-14-11-15-5-1-2-6-16(15)12-14/h1-3,5-7,10,14,18H,4,8-9,11-13H2. The Hall–Kier alpha value is -2.90. The lowest BCUT2D eigenvalue weighted by atomic mass is 10.0. The van der Waals surface area contributed by atoms with Crippen molar-refractivity contribution in [2.24, 2.45) is 5.92 Å². The van der Waals surface area contributed by atoms with Crippen LogP contribution in [0.25, 0.3) is 5.65 Å². The number of amides is 1. The van der Waals surface area contributed by atoms with Crippen molar-refractivity contribution in [3.63, 3.8) is 0 Å². The van der Waals surface area contributed by atoms with Crippen LogP contribution in [-0.2, 0) is 23.8 Å². The van der Waals surface area contributed by atoms with Crippen molar-refractivity contribution in [1.29, 1.82) is 0 Å². The molecule has 1 saturated heterocycles. The highest BCUT2D eigenvalue weighted by molar-refractivity contribution is 5.77. The molecule has 0 N–H and O–H groups in total. The summed E-state index contributed by atoms with van der Waals surface area (Å²) in [4.78, 5) is 14.9. The van der Waals surface area contributed by atoms with Crippen LogP contribution in [0.15, 0.2) is 42.6 Å². The van der Waals surface area contributed by atoms with E-state index in [1.54, 1.807) is 4.90 Å². The van der Waals surface area contributed by atoms with Gasteiger partial charge in [-0.3, -0.25) is 9.20 Å². The Morgan fingerprint density at radius 3 is 2.50 bits per heavy atom. The van der Waals surface area contributed by atoms with Gasteiger partial charge in [0.25, 0.3) is 0 Å². The van der Waals surface area contributed by atoms with Gasteiger partial charge in [0.15, 0.2) is 11.5 Å². The molecule has 3 heterocycles. The molecule has 1 atom stereocenters. The van der Waals surface area contributed by atoms with E-state index >= 15 is 0 Å². The number of rotatable bonds is 3. The smallest absolute Gasteiger partial charge is 0.332 e. The van der Waals surface area contributed by atoms with E-state index in [9.17, 15) is 18.0 Å². The maximum Gasteiger partial charge on any atom is 0.420 e. The van der Waals surface area contributed by atoms with Crippen molar-refractivity contribution < 1.29 is 18.0 Å². The summed E-state index contributed by atoms with van der Waals surface area (Å²) in [7, 11) is 0. The average molecular weight is 414 g/mol. The molecular weight excluding hydrogens is 393 g/mol.